The summed E-state index contributed by atoms with van der Waals surface area (Å²) < 4.78 is 6.26. The van der Waals surface area contributed by atoms with Crippen LogP contribution in [0.2, 0.25) is 18.1 Å². The third-order valence-electron chi connectivity index (χ3n) is 4.03. The minimum Gasteiger partial charge on any atom is -0.412 e. The van der Waals surface area contributed by atoms with Gasteiger partial charge in [-0.05, 0) is 31.0 Å². The zero-order valence-corrected chi connectivity index (χ0v) is 12.1. The number of rotatable bonds is 3. The molecule has 1 saturated carbocycles. The van der Waals surface area contributed by atoms with Crippen LogP contribution in [0.1, 0.15) is 33.6 Å². The molecule has 1 unspecified atom stereocenters. The molecule has 1 aliphatic carbocycles. The van der Waals surface area contributed by atoms with Crippen molar-refractivity contribution in [3.05, 3.63) is 0 Å². The van der Waals surface area contributed by atoms with Crippen LogP contribution in [-0.4, -0.2) is 26.7 Å². The molecule has 0 saturated heterocycles. The molecule has 0 radical (unpaired) electrons. The first-order valence-electron chi connectivity index (χ1n) is 6.06. The first kappa shape index (κ1) is 13.9. The number of nitrogens with two attached hydrogens (primary N) is 1. The highest BCUT2D eigenvalue weighted by Crippen LogP contribution is 2.39. The average Bonchev–Trinajstić information content (AvgIpc) is 2.44. The van der Waals surface area contributed by atoms with E-state index < -0.39 is 8.32 Å². The van der Waals surface area contributed by atoms with Crippen molar-refractivity contribution >= 4 is 14.6 Å². The molecule has 0 aromatic carbocycles. The molecule has 4 heteroatoms. The highest BCUT2D eigenvalue weighted by atomic mass is 28.4. The maximum atomic E-state index is 10.8. The third-order valence-corrected chi connectivity index (χ3v) is 8.54. The van der Waals surface area contributed by atoms with Crippen LogP contribution in [0.5, 0.6) is 0 Å². The van der Waals surface area contributed by atoms with Crippen LogP contribution in [0.15, 0.2) is 0 Å². The molecule has 0 heterocycles. The summed E-state index contributed by atoms with van der Waals surface area (Å²) >= 11 is 0. The second-order valence-electron chi connectivity index (χ2n) is 6.45. The van der Waals surface area contributed by atoms with Crippen LogP contribution in [0.25, 0.3) is 0 Å². The average molecular weight is 243 g/mol. The van der Waals surface area contributed by atoms with Gasteiger partial charge in [-0.25, -0.2) is 0 Å². The van der Waals surface area contributed by atoms with E-state index in [2.05, 4.69) is 33.9 Å². The highest BCUT2D eigenvalue weighted by Gasteiger charge is 2.42. The van der Waals surface area contributed by atoms with Crippen LogP contribution >= 0.6 is 0 Å². The number of hydrogen-bond acceptors (Lipinski definition) is 3. The Kier molecular flexibility index (Phi) is 3.98. The van der Waals surface area contributed by atoms with E-state index in [0.717, 1.165) is 19.1 Å². The Balaban J connectivity index is 2.65. The topological polar surface area (TPSA) is 52.3 Å². The summed E-state index contributed by atoms with van der Waals surface area (Å²) in [7, 11) is -1.75. The van der Waals surface area contributed by atoms with Crippen molar-refractivity contribution in [3.63, 3.8) is 0 Å². The molecule has 2 N–H and O–H groups in total. The molecule has 94 valence electrons. The lowest BCUT2D eigenvalue weighted by Gasteiger charge is -2.39. The summed E-state index contributed by atoms with van der Waals surface area (Å²) in [6, 6.07) is 0.0318. The number of aldehydes is 1. The fourth-order valence-corrected chi connectivity index (χ4v) is 3.25. The molecule has 1 rings (SSSR count). The van der Waals surface area contributed by atoms with Crippen molar-refractivity contribution in [1.82, 2.24) is 0 Å². The molecule has 0 spiro atoms. The number of hydrogen-bond donors (Lipinski definition) is 1. The van der Waals surface area contributed by atoms with Crippen molar-refractivity contribution in [2.24, 2.45) is 11.7 Å². The Morgan fingerprint density at radius 1 is 1.31 bits per heavy atom. The fraction of sp³-hybridized carbons (Fsp3) is 0.917. The van der Waals surface area contributed by atoms with Crippen LogP contribution < -0.4 is 5.73 Å². The highest BCUT2D eigenvalue weighted by molar-refractivity contribution is 6.74. The second kappa shape index (κ2) is 4.59. The van der Waals surface area contributed by atoms with Gasteiger partial charge in [0.2, 0.25) is 0 Å². The van der Waals surface area contributed by atoms with Gasteiger partial charge in [-0.1, -0.05) is 20.8 Å². The van der Waals surface area contributed by atoms with Gasteiger partial charge in [-0.2, -0.15) is 0 Å². The van der Waals surface area contributed by atoms with Gasteiger partial charge in [-0.3, -0.25) is 0 Å². The van der Waals surface area contributed by atoms with Gasteiger partial charge in [0, 0.05) is 12.0 Å². The molecule has 0 amide bonds. The van der Waals surface area contributed by atoms with Gasteiger partial charge in [0.1, 0.15) is 6.29 Å². The third kappa shape index (κ3) is 2.93. The van der Waals surface area contributed by atoms with E-state index in [1.807, 2.05) is 0 Å². The van der Waals surface area contributed by atoms with Gasteiger partial charge < -0.3 is 15.0 Å². The van der Waals surface area contributed by atoms with Crippen molar-refractivity contribution < 1.29 is 9.22 Å². The molecular formula is C12H25NO2Si. The molecular weight excluding hydrogens is 218 g/mol. The van der Waals surface area contributed by atoms with Crippen LogP contribution in [0, 0.1) is 5.92 Å². The first-order valence-corrected chi connectivity index (χ1v) is 8.97. The van der Waals surface area contributed by atoms with Crippen LogP contribution in [-0.2, 0) is 9.22 Å². The maximum Gasteiger partial charge on any atom is 0.192 e. The Morgan fingerprint density at radius 2 is 1.88 bits per heavy atom. The largest absolute Gasteiger partial charge is 0.412 e. The summed E-state index contributed by atoms with van der Waals surface area (Å²) in [5.74, 6) is 0.102. The zero-order chi connectivity index (χ0) is 12.6. The normalized spacial score (nSPS) is 31.8. The SMILES string of the molecule is CC(C)(C)[Si](C)(C)O[C@H]1C[C@@H](C=O)CC1N. The molecule has 0 bridgehead atoms. The minimum atomic E-state index is -1.75. The first-order chi connectivity index (χ1) is 7.17. The summed E-state index contributed by atoms with van der Waals surface area (Å²) in [5, 5.41) is 0.200. The fourth-order valence-electron chi connectivity index (χ4n) is 1.87. The Labute approximate surface area is 99.9 Å². The zero-order valence-electron chi connectivity index (χ0n) is 11.1. The van der Waals surface area contributed by atoms with Crippen molar-refractivity contribution in [2.45, 2.75) is 63.9 Å². The second-order valence-corrected chi connectivity index (χ2v) is 11.2. The summed E-state index contributed by atoms with van der Waals surface area (Å²) in [6.45, 7) is 11.1. The number of carbonyl (C=O) groups is 1. The van der Waals surface area contributed by atoms with Gasteiger partial charge in [-0.15, -0.1) is 0 Å². The molecule has 0 aromatic heterocycles. The standard InChI is InChI=1S/C12H25NO2Si/c1-12(2,3)16(4,5)15-11-7-9(8-14)6-10(11)13/h8-11H,6-7,13H2,1-5H3/t9-,10?,11-/m0/s1. The van der Waals surface area contributed by atoms with Crippen LogP contribution in [0.4, 0.5) is 0 Å². The summed E-state index contributed by atoms with van der Waals surface area (Å²) in [4.78, 5) is 10.8. The lowest BCUT2D eigenvalue weighted by Crippen LogP contribution is -2.47. The molecule has 3 atom stereocenters. The van der Waals surface area contributed by atoms with E-state index in [4.69, 9.17) is 10.2 Å². The Hall–Kier alpha value is -0.193. The van der Waals surface area contributed by atoms with E-state index >= 15 is 0 Å². The van der Waals surface area contributed by atoms with E-state index in [-0.39, 0.29) is 23.1 Å². The Morgan fingerprint density at radius 3 is 2.25 bits per heavy atom. The van der Waals surface area contributed by atoms with E-state index in [0.29, 0.717) is 0 Å². The molecule has 16 heavy (non-hydrogen) atoms. The summed E-state index contributed by atoms with van der Waals surface area (Å²) in [5.41, 5.74) is 6.03. The van der Waals surface area contributed by atoms with Crippen molar-refractivity contribution in [1.29, 1.82) is 0 Å². The number of carbonyl (C=O) groups excluding carboxylic acids is 1. The van der Waals surface area contributed by atoms with E-state index in [1.165, 1.54) is 0 Å². The molecule has 1 fully saturated rings. The Bertz CT molecular complexity index is 260. The van der Waals surface area contributed by atoms with E-state index in [1.54, 1.807) is 0 Å². The predicted octanol–water partition coefficient (Wildman–Crippen LogP) is 2.31. The van der Waals surface area contributed by atoms with Gasteiger partial charge in [0.25, 0.3) is 0 Å². The van der Waals surface area contributed by atoms with Gasteiger partial charge >= 0.3 is 0 Å². The predicted molar refractivity (Wildman–Crippen MR) is 68.8 cm³/mol. The van der Waals surface area contributed by atoms with E-state index in [9.17, 15) is 4.79 Å². The lowest BCUT2D eigenvalue weighted by molar-refractivity contribution is -0.111. The van der Waals surface area contributed by atoms with Crippen molar-refractivity contribution in [2.75, 3.05) is 0 Å². The molecule has 1 aliphatic rings. The van der Waals surface area contributed by atoms with Gasteiger partial charge in [0.05, 0.1) is 6.10 Å². The van der Waals surface area contributed by atoms with Crippen LogP contribution in [0.3, 0.4) is 0 Å². The van der Waals surface area contributed by atoms with Gasteiger partial charge in [0.15, 0.2) is 8.32 Å². The maximum absolute atomic E-state index is 10.8. The minimum absolute atomic E-state index is 0.0318. The lowest BCUT2D eigenvalue weighted by atomic mass is 10.1. The molecule has 0 aromatic rings. The van der Waals surface area contributed by atoms with Crippen molar-refractivity contribution in [3.8, 4) is 0 Å². The molecule has 0 aliphatic heterocycles. The smallest absolute Gasteiger partial charge is 0.192 e. The summed E-state index contributed by atoms with van der Waals surface area (Å²) in [6.07, 6.45) is 2.69. The molecule has 3 nitrogen and oxygen atoms in total. The quantitative estimate of drug-likeness (QED) is 0.611. The monoisotopic (exact) mass is 243 g/mol.